The first kappa shape index (κ1) is 21.6. The lowest BCUT2D eigenvalue weighted by Crippen LogP contribution is -2.55. The molecule has 0 saturated heterocycles. The molecule has 1 unspecified atom stereocenters. The molecule has 2 rings (SSSR count). The van der Waals surface area contributed by atoms with Crippen LogP contribution in [0.3, 0.4) is 0 Å². The highest BCUT2D eigenvalue weighted by atomic mass is 35.5. The summed E-state index contributed by atoms with van der Waals surface area (Å²) in [5, 5.41) is 14.3. The first-order valence-electron chi connectivity index (χ1n) is 8.57. The Labute approximate surface area is 166 Å². The molecule has 2 aromatic carbocycles. The van der Waals surface area contributed by atoms with Gasteiger partial charge in [0.2, 0.25) is 5.91 Å². The molecule has 0 radical (unpaired) electrons. The van der Waals surface area contributed by atoms with E-state index in [9.17, 15) is 18.4 Å². The van der Waals surface area contributed by atoms with E-state index in [0.29, 0.717) is 17.0 Å². The second-order valence-corrected chi connectivity index (χ2v) is 7.42. The van der Waals surface area contributed by atoms with Crippen LogP contribution in [-0.2, 0) is 17.6 Å². The second kappa shape index (κ2) is 9.01. The zero-order valence-electron chi connectivity index (χ0n) is 15.4. The Balaban J connectivity index is 2.28. The maximum atomic E-state index is 13.6. The molecular weight excluding hydrogens is 390 g/mol. The van der Waals surface area contributed by atoms with E-state index in [4.69, 9.17) is 16.7 Å². The van der Waals surface area contributed by atoms with Crippen molar-refractivity contribution in [2.75, 3.05) is 0 Å². The number of hydrogen-bond donors (Lipinski definition) is 3. The van der Waals surface area contributed by atoms with E-state index >= 15 is 0 Å². The van der Waals surface area contributed by atoms with Gasteiger partial charge in [-0.2, -0.15) is 0 Å². The topological polar surface area (TPSA) is 78.4 Å². The molecule has 0 aliphatic rings. The van der Waals surface area contributed by atoms with Gasteiger partial charge in [0.15, 0.2) is 0 Å². The molecule has 28 heavy (non-hydrogen) atoms. The summed E-state index contributed by atoms with van der Waals surface area (Å²) < 4.78 is 27.2. The van der Waals surface area contributed by atoms with Crippen molar-refractivity contribution in [2.24, 2.45) is 0 Å². The molecule has 2 aromatic rings. The number of hydrogen-bond acceptors (Lipinski definition) is 2. The van der Waals surface area contributed by atoms with Crippen molar-refractivity contribution in [3.8, 4) is 0 Å². The summed E-state index contributed by atoms with van der Waals surface area (Å²) in [6.45, 7) is 3.14. The molecule has 0 aliphatic carbocycles. The summed E-state index contributed by atoms with van der Waals surface area (Å²) in [4.78, 5) is 23.2. The Morgan fingerprint density at radius 1 is 1.07 bits per heavy atom. The summed E-state index contributed by atoms with van der Waals surface area (Å²) in [7, 11) is 0. The van der Waals surface area contributed by atoms with Gasteiger partial charge in [0.25, 0.3) is 0 Å². The number of rotatable bonds is 7. The molecule has 0 bridgehead atoms. The van der Waals surface area contributed by atoms with Crippen LogP contribution in [0.4, 0.5) is 13.6 Å². The summed E-state index contributed by atoms with van der Waals surface area (Å²) in [5.74, 6) is -1.97. The van der Waals surface area contributed by atoms with Crippen LogP contribution in [0.5, 0.6) is 0 Å². The van der Waals surface area contributed by atoms with Crippen LogP contribution < -0.4 is 10.6 Å². The zero-order valence-corrected chi connectivity index (χ0v) is 16.2. The predicted octanol–water partition coefficient (Wildman–Crippen LogP) is 3.93. The Kier molecular flexibility index (Phi) is 6.96. The smallest absolute Gasteiger partial charge is 0.405 e. The van der Waals surface area contributed by atoms with Crippen molar-refractivity contribution >= 4 is 23.6 Å². The minimum absolute atomic E-state index is 0.135. The Hall–Kier alpha value is -2.67. The number of benzene rings is 2. The Morgan fingerprint density at radius 2 is 1.61 bits per heavy atom. The summed E-state index contributed by atoms with van der Waals surface area (Å²) >= 11 is 5.90. The number of carbonyl (C=O) groups excluding carboxylic acids is 1. The highest BCUT2D eigenvalue weighted by Gasteiger charge is 2.30. The second-order valence-electron chi connectivity index (χ2n) is 6.98. The molecule has 5 nitrogen and oxygen atoms in total. The van der Waals surface area contributed by atoms with Crippen LogP contribution in [0.2, 0.25) is 5.02 Å². The van der Waals surface area contributed by atoms with E-state index in [1.54, 1.807) is 31.2 Å². The molecule has 8 heteroatoms. The third kappa shape index (κ3) is 6.49. The lowest BCUT2D eigenvalue weighted by molar-refractivity contribution is -0.124. The Bertz CT molecular complexity index is 841. The normalized spacial score (nSPS) is 14.0. The van der Waals surface area contributed by atoms with Crippen molar-refractivity contribution in [3.63, 3.8) is 0 Å². The molecule has 2 atom stereocenters. The highest BCUT2D eigenvalue weighted by Crippen LogP contribution is 2.22. The molecule has 0 fully saturated rings. The summed E-state index contributed by atoms with van der Waals surface area (Å²) in [6, 6.07) is 9.17. The van der Waals surface area contributed by atoms with Gasteiger partial charge in [-0.3, -0.25) is 4.79 Å². The van der Waals surface area contributed by atoms with E-state index in [1.165, 1.54) is 19.1 Å². The van der Waals surface area contributed by atoms with Crippen molar-refractivity contribution in [2.45, 2.75) is 38.3 Å². The number of amides is 2. The summed E-state index contributed by atoms with van der Waals surface area (Å²) in [5.41, 5.74) is 0.288. The van der Waals surface area contributed by atoms with E-state index in [1.807, 2.05) is 0 Å². The van der Waals surface area contributed by atoms with E-state index in [0.717, 1.165) is 11.6 Å². The van der Waals surface area contributed by atoms with Gasteiger partial charge in [0, 0.05) is 16.6 Å². The van der Waals surface area contributed by atoms with Crippen LogP contribution in [0, 0.1) is 11.6 Å². The van der Waals surface area contributed by atoms with Crippen molar-refractivity contribution < 1.29 is 23.5 Å². The molecule has 0 spiro atoms. The maximum Gasteiger partial charge on any atom is 0.405 e. The van der Waals surface area contributed by atoms with Crippen LogP contribution >= 0.6 is 11.6 Å². The predicted molar refractivity (Wildman–Crippen MR) is 102 cm³/mol. The monoisotopic (exact) mass is 410 g/mol. The third-order valence-corrected chi connectivity index (χ3v) is 4.43. The molecule has 0 heterocycles. The minimum atomic E-state index is -1.32. The first-order chi connectivity index (χ1) is 13.1. The molecule has 150 valence electrons. The molecular formula is C20H21ClF2N2O3. The van der Waals surface area contributed by atoms with Gasteiger partial charge in [0.05, 0.1) is 0 Å². The lowest BCUT2D eigenvalue weighted by Gasteiger charge is -2.33. The minimum Gasteiger partial charge on any atom is -0.465 e. The number of nitrogens with one attached hydrogen (secondary N) is 2. The SMILES string of the molecule is C[C@H](NC(=O)O)C(=O)NC(C)(Cc1ccc(Cl)cc1)Cc1cc(F)cc(F)c1. The van der Waals surface area contributed by atoms with Gasteiger partial charge in [-0.05, 0) is 62.1 Å². The first-order valence-corrected chi connectivity index (χ1v) is 8.95. The van der Waals surface area contributed by atoms with Crippen LogP contribution in [0.1, 0.15) is 25.0 Å². The van der Waals surface area contributed by atoms with Crippen molar-refractivity contribution in [3.05, 3.63) is 70.2 Å². The molecule has 0 saturated carbocycles. The zero-order chi connectivity index (χ0) is 20.9. The average Bonchev–Trinajstić information content (AvgIpc) is 2.55. The maximum absolute atomic E-state index is 13.6. The van der Waals surface area contributed by atoms with Gasteiger partial charge in [-0.1, -0.05) is 23.7 Å². The van der Waals surface area contributed by atoms with Crippen LogP contribution in [0.15, 0.2) is 42.5 Å². The van der Waals surface area contributed by atoms with E-state index < -0.39 is 35.2 Å². The fraction of sp³-hybridized carbons (Fsp3) is 0.300. The van der Waals surface area contributed by atoms with Gasteiger partial charge in [0.1, 0.15) is 17.7 Å². The largest absolute Gasteiger partial charge is 0.465 e. The van der Waals surface area contributed by atoms with Crippen LogP contribution in [-0.4, -0.2) is 28.7 Å². The van der Waals surface area contributed by atoms with Gasteiger partial charge in [-0.15, -0.1) is 0 Å². The fourth-order valence-corrected chi connectivity index (χ4v) is 3.15. The lowest BCUT2D eigenvalue weighted by atomic mass is 9.86. The highest BCUT2D eigenvalue weighted by molar-refractivity contribution is 6.30. The number of carbonyl (C=O) groups is 2. The van der Waals surface area contributed by atoms with E-state index in [2.05, 4.69) is 10.6 Å². The Morgan fingerprint density at radius 3 is 2.14 bits per heavy atom. The van der Waals surface area contributed by atoms with Gasteiger partial charge >= 0.3 is 6.09 Å². The number of halogens is 3. The summed E-state index contributed by atoms with van der Waals surface area (Å²) in [6.07, 6.45) is -0.849. The average molecular weight is 411 g/mol. The van der Waals surface area contributed by atoms with Gasteiger partial charge in [-0.25, -0.2) is 13.6 Å². The third-order valence-electron chi connectivity index (χ3n) is 4.18. The number of carboxylic acid groups (broad SMARTS) is 1. The fourth-order valence-electron chi connectivity index (χ4n) is 3.02. The van der Waals surface area contributed by atoms with Crippen LogP contribution in [0.25, 0.3) is 0 Å². The van der Waals surface area contributed by atoms with E-state index in [-0.39, 0.29) is 6.42 Å². The standard InChI is InChI=1S/C20H21ClF2N2O3/c1-12(24-19(27)28)18(26)25-20(2,10-13-3-5-15(21)6-4-13)11-14-7-16(22)9-17(23)8-14/h3-9,12,24H,10-11H2,1-2H3,(H,25,26)(H,27,28)/t12-,20?/m0/s1. The molecule has 3 N–H and O–H groups in total. The quantitative estimate of drug-likeness (QED) is 0.647. The molecule has 0 aliphatic heterocycles. The molecule has 2 amide bonds. The molecule has 0 aromatic heterocycles. The van der Waals surface area contributed by atoms with Crippen molar-refractivity contribution in [1.82, 2.24) is 10.6 Å². The van der Waals surface area contributed by atoms with Gasteiger partial charge < -0.3 is 15.7 Å². The van der Waals surface area contributed by atoms with Crippen molar-refractivity contribution in [1.29, 1.82) is 0 Å².